The van der Waals surface area contributed by atoms with Gasteiger partial charge in [-0.2, -0.15) is 4.31 Å². The van der Waals surface area contributed by atoms with Crippen molar-refractivity contribution in [3.8, 4) is 0 Å². The van der Waals surface area contributed by atoms with E-state index in [-0.39, 0.29) is 28.0 Å². The highest BCUT2D eigenvalue weighted by Crippen LogP contribution is 2.28. The van der Waals surface area contributed by atoms with E-state index in [0.29, 0.717) is 13.0 Å². The fraction of sp³-hybridized carbons (Fsp3) is 0.174. The Morgan fingerprint density at radius 1 is 0.871 bits per heavy atom. The molecule has 5 nitrogen and oxygen atoms in total. The molecule has 31 heavy (non-hydrogen) atoms. The van der Waals surface area contributed by atoms with Gasteiger partial charge in [-0.3, -0.25) is 4.79 Å². The number of nitrogens with zero attached hydrogens (tertiary/aromatic N) is 1. The minimum Gasteiger partial charge on any atom is -0.355 e. The van der Waals surface area contributed by atoms with Crippen LogP contribution in [-0.2, 0) is 27.8 Å². The van der Waals surface area contributed by atoms with Crippen molar-refractivity contribution < 1.29 is 13.2 Å². The summed E-state index contributed by atoms with van der Waals surface area (Å²) in [7, 11) is -4.07. The molecule has 0 aliphatic heterocycles. The first-order chi connectivity index (χ1) is 14.9. The van der Waals surface area contributed by atoms with Gasteiger partial charge in [-0.15, -0.1) is 0 Å². The molecule has 0 saturated heterocycles. The number of nitrogens with one attached hydrogen (secondary N) is 1. The highest BCUT2D eigenvalue weighted by atomic mass is 35.5. The van der Waals surface area contributed by atoms with Gasteiger partial charge >= 0.3 is 0 Å². The predicted octanol–water partition coefficient (Wildman–Crippen LogP) is 4.54. The molecule has 0 unspecified atom stereocenters. The van der Waals surface area contributed by atoms with Gasteiger partial charge in [0.05, 0.1) is 11.6 Å². The lowest BCUT2D eigenvalue weighted by atomic mass is 10.1. The Kier molecular flexibility index (Phi) is 8.09. The lowest BCUT2D eigenvalue weighted by molar-refractivity contribution is -0.121. The third-order valence-corrected chi connectivity index (χ3v) is 7.12. The van der Waals surface area contributed by atoms with Crippen LogP contribution >= 0.6 is 23.2 Å². The summed E-state index contributed by atoms with van der Waals surface area (Å²) >= 11 is 12.2. The third-order valence-electron chi connectivity index (χ3n) is 4.61. The summed E-state index contributed by atoms with van der Waals surface area (Å²) in [6, 6.07) is 23.0. The van der Waals surface area contributed by atoms with Crippen molar-refractivity contribution in [2.24, 2.45) is 0 Å². The average Bonchev–Trinajstić information content (AvgIpc) is 2.76. The van der Waals surface area contributed by atoms with Gasteiger partial charge in [0.15, 0.2) is 0 Å². The topological polar surface area (TPSA) is 66.5 Å². The molecular weight excluding hydrogens is 455 g/mol. The summed E-state index contributed by atoms with van der Waals surface area (Å²) in [6.07, 6.45) is 0.651. The van der Waals surface area contributed by atoms with Crippen LogP contribution in [0, 0.1) is 0 Å². The Morgan fingerprint density at radius 2 is 1.48 bits per heavy atom. The van der Waals surface area contributed by atoms with Crippen LogP contribution < -0.4 is 5.32 Å². The fourth-order valence-corrected chi connectivity index (χ4v) is 5.16. The molecule has 0 heterocycles. The van der Waals surface area contributed by atoms with Crippen molar-refractivity contribution in [1.82, 2.24) is 9.62 Å². The minimum absolute atomic E-state index is 0.0259. The molecule has 1 amide bonds. The van der Waals surface area contributed by atoms with Crippen LogP contribution in [0.15, 0.2) is 83.8 Å². The molecule has 3 aromatic carbocycles. The third kappa shape index (κ3) is 6.55. The molecule has 0 spiro atoms. The van der Waals surface area contributed by atoms with Gasteiger partial charge in [0.2, 0.25) is 15.9 Å². The lowest BCUT2D eigenvalue weighted by Crippen LogP contribution is -2.41. The minimum atomic E-state index is -4.07. The Labute approximate surface area is 192 Å². The zero-order valence-electron chi connectivity index (χ0n) is 16.7. The molecule has 0 aromatic heterocycles. The van der Waals surface area contributed by atoms with E-state index in [1.807, 2.05) is 48.5 Å². The average molecular weight is 477 g/mol. The van der Waals surface area contributed by atoms with Crippen molar-refractivity contribution >= 4 is 39.1 Å². The number of halogens is 2. The molecule has 0 fully saturated rings. The van der Waals surface area contributed by atoms with E-state index in [4.69, 9.17) is 23.2 Å². The maximum Gasteiger partial charge on any atom is 0.245 e. The maximum atomic E-state index is 13.3. The molecule has 162 valence electrons. The molecule has 0 saturated carbocycles. The van der Waals surface area contributed by atoms with Crippen molar-refractivity contribution in [2.45, 2.75) is 17.9 Å². The van der Waals surface area contributed by atoms with Crippen molar-refractivity contribution in [1.29, 1.82) is 0 Å². The second kappa shape index (κ2) is 10.8. The Morgan fingerprint density at radius 3 is 2.13 bits per heavy atom. The monoisotopic (exact) mass is 476 g/mol. The first kappa shape index (κ1) is 23.3. The zero-order valence-corrected chi connectivity index (χ0v) is 19.0. The smallest absolute Gasteiger partial charge is 0.245 e. The summed E-state index contributed by atoms with van der Waals surface area (Å²) < 4.78 is 27.8. The van der Waals surface area contributed by atoms with E-state index >= 15 is 0 Å². The van der Waals surface area contributed by atoms with Crippen molar-refractivity contribution in [2.75, 3.05) is 13.1 Å². The highest BCUT2D eigenvalue weighted by Gasteiger charge is 2.29. The Hall–Kier alpha value is -2.38. The molecule has 8 heteroatoms. The number of hydrogen-bond acceptors (Lipinski definition) is 3. The number of rotatable bonds is 9. The molecule has 0 aliphatic carbocycles. The van der Waals surface area contributed by atoms with E-state index in [0.717, 1.165) is 15.4 Å². The van der Waals surface area contributed by atoms with Gasteiger partial charge in [0.25, 0.3) is 0 Å². The first-order valence-corrected chi connectivity index (χ1v) is 11.9. The van der Waals surface area contributed by atoms with Crippen molar-refractivity contribution in [3.05, 3.63) is 100 Å². The zero-order chi connectivity index (χ0) is 22.3. The Balaban J connectivity index is 1.77. The number of carbonyl (C=O) groups excluding carboxylic acids is 1. The number of amides is 1. The van der Waals surface area contributed by atoms with Gasteiger partial charge in [0.1, 0.15) is 4.90 Å². The number of benzene rings is 3. The number of sulfonamides is 1. The van der Waals surface area contributed by atoms with Crippen LogP contribution in [0.3, 0.4) is 0 Å². The highest BCUT2D eigenvalue weighted by molar-refractivity contribution is 7.89. The van der Waals surface area contributed by atoms with Gasteiger partial charge in [-0.05, 0) is 35.7 Å². The van der Waals surface area contributed by atoms with Gasteiger partial charge in [-0.25, -0.2) is 8.42 Å². The summed E-state index contributed by atoms with van der Waals surface area (Å²) in [6.45, 7) is 0.0903. The predicted molar refractivity (Wildman–Crippen MR) is 124 cm³/mol. The summed E-state index contributed by atoms with van der Waals surface area (Å²) in [5.74, 6) is -0.395. The number of carbonyl (C=O) groups is 1. The van der Waals surface area contributed by atoms with E-state index < -0.39 is 15.9 Å². The quantitative estimate of drug-likeness (QED) is 0.492. The summed E-state index contributed by atoms with van der Waals surface area (Å²) in [5, 5.41) is 3.09. The van der Waals surface area contributed by atoms with E-state index in [1.54, 1.807) is 12.1 Å². The van der Waals surface area contributed by atoms with Crippen molar-refractivity contribution in [3.63, 3.8) is 0 Å². The number of hydrogen-bond donors (Lipinski definition) is 1. The van der Waals surface area contributed by atoms with E-state index in [9.17, 15) is 13.2 Å². The van der Waals surface area contributed by atoms with Gasteiger partial charge in [0, 0.05) is 18.1 Å². The Bertz CT molecular complexity index is 1120. The van der Waals surface area contributed by atoms with Crippen LogP contribution in [0.1, 0.15) is 11.1 Å². The van der Waals surface area contributed by atoms with Crippen LogP contribution in [0.5, 0.6) is 0 Å². The second-order valence-electron chi connectivity index (χ2n) is 6.92. The van der Waals surface area contributed by atoms with Crippen LogP contribution in [0.25, 0.3) is 0 Å². The normalized spacial score (nSPS) is 11.5. The van der Waals surface area contributed by atoms with E-state index in [2.05, 4.69) is 5.32 Å². The molecule has 0 bridgehead atoms. The maximum absolute atomic E-state index is 13.3. The second-order valence-corrected chi connectivity index (χ2v) is 9.67. The summed E-state index contributed by atoms with van der Waals surface area (Å²) in [4.78, 5) is 12.5. The van der Waals surface area contributed by atoms with Crippen LogP contribution in [0.2, 0.25) is 10.0 Å². The lowest BCUT2D eigenvalue weighted by Gasteiger charge is -2.22. The summed E-state index contributed by atoms with van der Waals surface area (Å²) in [5.41, 5.74) is 1.84. The molecular formula is C23H22Cl2N2O3S. The van der Waals surface area contributed by atoms with Crippen LogP contribution in [0.4, 0.5) is 0 Å². The molecule has 3 aromatic rings. The van der Waals surface area contributed by atoms with E-state index in [1.165, 1.54) is 18.2 Å². The SMILES string of the molecule is O=C(CN(Cc1ccccc1)S(=O)(=O)c1cc(Cl)ccc1Cl)NCCc1ccccc1. The standard InChI is InChI=1S/C23H22Cl2N2O3S/c24-20-11-12-21(25)22(15-20)31(29,30)27(16-19-9-5-2-6-10-19)17-23(28)26-14-13-18-7-3-1-4-8-18/h1-12,15H,13-14,16-17H2,(H,26,28). The van der Waals surface area contributed by atoms with Crippen LogP contribution in [-0.4, -0.2) is 31.7 Å². The molecule has 3 rings (SSSR count). The largest absolute Gasteiger partial charge is 0.355 e. The molecule has 0 aliphatic rings. The van der Waals surface area contributed by atoms with Gasteiger partial charge in [-0.1, -0.05) is 83.9 Å². The molecule has 1 N–H and O–H groups in total. The van der Waals surface area contributed by atoms with Gasteiger partial charge < -0.3 is 5.32 Å². The fourth-order valence-electron chi connectivity index (χ4n) is 3.03. The molecule has 0 atom stereocenters. The first-order valence-electron chi connectivity index (χ1n) is 9.66. The molecule has 0 radical (unpaired) electrons.